The molecule has 1 amide bonds. The quantitative estimate of drug-likeness (QED) is 0.671. The molecule has 1 fully saturated rings. The number of rotatable bonds is 5. The van der Waals surface area contributed by atoms with Gasteiger partial charge in [-0.05, 0) is 12.1 Å². The van der Waals surface area contributed by atoms with Crippen molar-refractivity contribution in [2.45, 2.75) is 6.54 Å². The molecule has 0 unspecified atom stereocenters. The van der Waals surface area contributed by atoms with E-state index in [2.05, 4.69) is 10.3 Å². The molecular formula is C16H13ClN4O4S2. The van der Waals surface area contributed by atoms with Gasteiger partial charge in [-0.25, -0.2) is 4.79 Å². The normalized spacial score (nSPS) is 14.0. The Kier molecular flexibility index (Phi) is 4.94. The number of carbonyl (C=O) groups excluding carboxylic acids is 1. The highest BCUT2D eigenvalue weighted by Gasteiger charge is 2.25. The fourth-order valence-electron chi connectivity index (χ4n) is 2.65. The average molecular weight is 425 g/mol. The van der Waals surface area contributed by atoms with Gasteiger partial charge in [-0.2, -0.15) is 5.10 Å². The third-order valence-corrected chi connectivity index (χ3v) is 6.16. The summed E-state index contributed by atoms with van der Waals surface area (Å²) in [6, 6.07) is 6.58. The van der Waals surface area contributed by atoms with Crippen LogP contribution in [-0.4, -0.2) is 55.0 Å². The smallest absolute Gasteiger partial charge is 0.354 e. The lowest BCUT2D eigenvalue weighted by Gasteiger charge is -2.11. The Morgan fingerprint density at radius 2 is 2.19 bits per heavy atom. The minimum absolute atomic E-state index is 0.0751. The van der Waals surface area contributed by atoms with Crippen LogP contribution in [0.4, 0.5) is 0 Å². The highest BCUT2D eigenvalue weighted by molar-refractivity contribution is 7.99. The molecule has 4 rings (SSSR count). The lowest BCUT2D eigenvalue weighted by Crippen LogP contribution is -2.28. The highest BCUT2D eigenvalue weighted by Crippen LogP contribution is 2.31. The van der Waals surface area contributed by atoms with Crippen molar-refractivity contribution in [3.05, 3.63) is 45.7 Å². The summed E-state index contributed by atoms with van der Waals surface area (Å²) in [7, 11) is 0. The number of hydrogen-bond donors (Lipinski definition) is 1. The zero-order chi connectivity index (χ0) is 19.0. The number of carboxylic acid groups (broad SMARTS) is 1. The fraction of sp³-hybridized carbons (Fsp3) is 0.250. The highest BCUT2D eigenvalue weighted by atomic mass is 35.5. The topological polar surface area (TPSA) is 101 Å². The largest absolute Gasteiger partial charge is 0.477 e. The molecule has 0 aliphatic carbocycles. The first kappa shape index (κ1) is 18.1. The Morgan fingerprint density at radius 1 is 1.33 bits per heavy atom. The zero-order valence-electron chi connectivity index (χ0n) is 13.8. The van der Waals surface area contributed by atoms with E-state index >= 15 is 0 Å². The van der Waals surface area contributed by atoms with Crippen molar-refractivity contribution in [3.63, 3.8) is 0 Å². The molecule has 140 valence electrons. The van der Waals surface area contributed by atoms with Crippen molar-refractivity contribution in [2.75, 3.05) is 18.2 Å². The third kappa shape index (κ3) is 3.73. The first-order chi connectivity index (χ1) is 13.0. The van der Waals surface area contributed by atoms with Crippen molar-refractivity contribution >= 4 is 46.6 Å². The summed E-state index contributed by atoms with van der Waals surface area (Å²) in [6.07, 6.45) is 0. The average Bonchev–Trinajstić information content (AvgIpc) is 3.41. The Labute approximate surface area is 166 Å². The molecule has 8 nitrogen and oxygen atoms in total. The van der Waals surface area contributed by atoms with Gasteiger partial charge in [-0.15, -0.1) is 23.1 Å². The molecule has 3 aromatic heterocycles. The number of aromatic nitrogens is 3. The molecule has 0 aromatic carbocycles. The predicted molar refractivity (Wildman–Crippen MR) is 101 cm³/mol. The van der Waals surface area contributed by atoms with Crippen LogP contribution < -0.4 is 0 Å². The van der Waals surface area contributed by atoms with Gasteiger partial charge < -0.3 is 14.5 Å². The molecule has 1 aliphatic heterocycles. The Hall–Kier alpha value is -2.30. The number of aromatic carboxylic acids is 1. The summed E-state index contributed by atoms with van der Waals surface area (Å²) in [6.45, 7) is 0.709. The van der Waals surface area contributed by atoms with Crippen molar-refractivity contribution in [2.24, 2.45) is 0 Å². The second-order valence-electron chi connectivity index (χ2n) is 5.77. The van der Waals surface area contributed by atoms with E-state index in [4.69, 9.17) is 16.1 Å². The van der Waals surface area contributed by atoms with Crippen LogP contribution in [0.3, 0.4) is 0 Å². The molecule has 1 aliphatic rings. The van der Waals surface area contributed by atoms with Crippen LogP contribution in [0.1, 0.15) is 26.7 Å². The van der Waals surface area contributed by atoms with E-state index in [1.54, 1.807) is 28.8 Å². The van der Waals surface area contributed by atoms with E-state index in [1.807, 2.05) is 6.07 Å². The fourth-order valence-corrected chi connectivity index (χ4v) is 4.59. The summed E-state index contributed by atoms with van der Waals surface area (Å²) in [4.78, 5) is 26.5. The Bertz CT molecular complexity index is 1010. The lowest BCUT2D eigenvalue weighted by molar-refractivity contribution is 0.0683. The number of hydrogen-bond acceptors (Lipinski definition) is 7. The first-order valence-corrected chi connectivity index (χ1v) is 10.3. The summed E-state index contributed by atoms with van der Waals surface area (Å²) in [5, 5.41) is 17.6. The van der Waals surface area contributed by atoms with Crippen LogP contribution in [0, 0.1) is 0 Å². The first-order valence-electron chi connectivity index (χ1n) is 7.91. The van der Waals surface area contributed by atoms with Crippen molar-refractivity contribution in [3.8, 4) is 10.6 Å². The van der Waals surface area contributed by atoms with Gasteiger partial charge in [0.25, 0.3) is 5.91 Å². The molecule has 0 spiro atoms. The molecule has 0 atom stereocenters. The molecule has 0 radical (unpaired) electrons. The van der Waals surface area contributed by atoms with Gasteiger partial charge in [0.1, 0.15) is 11.4 Å². The maximum atomic E-state index is 12.5. The Morgan fingerprint density at radius 3 is 2.85 bits per heavy atom. The van der Waals surface area contributed by atoms with Crippen LogP contribution in [-0.2, 0) is 6.54 Å². The molecular weight excluding hydrogens is 412 g/mol. The third-order valence-electron chi connectivity index (χ3n) is 3.94. The predicted octanol–water partition coefficient (Wildman–Crippen LogP) is 3.15. The minimum atomic E-state index is -1.16. The number of carbonyl (C=O) groups is 2. The molecule has 0 bridgehead atoms. The Balaban J connectivity index is 1.58. The van der Waals surface area contributed by atoms with Crippen LogP contribution in [0.25, 0.3) is 10.6 Å². The second kappa shape index (κ2) is 7.37. The van der Waals surface area contributed by atoms with Crippen LogP contribution in [0.2, 0.25) is 4.34 Å². The van der Waals surface area contributed by atoms with Gasteiger partial charge in [-0.1, -0.05) is 16.8 Å². The molecule has 11 heteroatoms. The van der Waals surface area contributed by atoms with Gasteiger partial charge in [0.15, 0.2) is 11.5 Å². The number of amides is 1. The number of halogens is 1. The maximum absolute atomic E-state index is 12.5. The van der Waals surface area contributed by atoms with E-state index in [9.17, 15) is 14.7 Å². The molecule has 4 heterocycles. The SMILES string of the molecule is O=C(O)c1cc(C(=O)N2CCSC2)nn1Cc1cc(-c2ccc(Cl)s2)on1. The zero-order valence-corrected chi connectivity index (χ0v) is 16.2. The summed E-state index contributed by atoms with van der Waals surface area (Å²) in [5.41, 5.74) is 0.536. The van der Waals surface area contributed by atoms with Gasteiger partial charge in [0, 0.05) is 24.4 Å². The summed E-state index contributed by atoms with van der Waals surface area (Å²) >= 11 is 8.93. The van der Waals surface area contributed by atoms with Gasteiger partial charge >= 0.3 is 5.97 Å². The van der Waals surface area contributed by atoms with Crippen molar-refractivity contribution in [1.82, 2.24) is 19.8 Å². The number of nitrogens with zero attached hydrogens (tertiary/aromatic N) is 4. The summed E-state index contributed by atoms with van der Waals surface area (Å²) in [5.74, 6) is 0.564. The maximum Gasteiger partial charge on any atom is 0.354 e. The molecule has 3 aromatic rings. The minimum Gasteiger partial charge on any atom is -0.477 e. The van der Waals surface area contributed by atoms with Gasteiger partial charge in [-0.3, -0.25) is 9.48 Å². The van der Waals surface area contributed by atoms with Crippen LogP contribution >= 0.6 is 34.7 Å². The van der Waals surface area contributed by atoms with Gasteiger partial charge in [0.2, 0.25) is 0 Å². The number of thiophene rings is 1. The number of carboxylic acids is 1. The molecule has 27 heavy (non-hydrogen) atoms. The van der Waals surface area contributed by atoms with E-state index in [0.29, 0.717) is 28.2 Å². The van der Waals surface area contributed by atoms with E-state index < -0.39 is 5.97 Å². The second-order valence-corrected chi connectivity index (χ2v) is 8.56. The molecule has 0 saturated carbocycles. The van der Waals surface area contributed by atoms with Crippen LogP contribution in [0.5, 0.6) is 0 Å². The molecule has 1 saturated heterocycles. The lowest BCUT2D eigenvalue weighted by atomic mass is 10.3. The van der Waals surface area contributed by atoms with E-state index in [1.165, 1.54) is 22.1 Å². The van der Waals surface area contributed by atoms with Crippen molar-refractivity contribution < 1.29 is 19.2 Å². The van der Waals surface area contributed by atoms with Crippen molar-refractivity contribution in [1.29, 1.82) is 0 Å². The van der Waals surface area contributed by atoms with Crippen LogP contribution in [0.15, 0.2) is 28.8 Å². The van der Waals surface area contributed by atoms with E-state index in [-0.39, 0.29) is 23.8 Å². The molecule has 1 N–H and O–H groups in total. The number of thioether (sulfide) groups is 1. The monoisotopic (exact) mass is 424 g/mol. The van der Waals surface area contributed by atoms with E-state index in [0.717, 1.165) is 10.6 Å². The van der Waals surface area contributed by atoms with Gasteiger partial charge in [0.05, 0.1) is 21.6 Å². The summed E-state index contributed by atoms with van der Waals surface area (Å²) < 4.78 is 7.19. The standard InChI is InChI=1S/C16H13ClN4O4S2/c17-14-2-1-13(27-14)12-5-9(19-25-12)7-21-11(16(23)24)6-10(18-21)15(22)20-3-4-26-8-20/h1-2,5-6H,3-4,7-8H2,(H,23,24).